The summed E-state index contributed by atoms with van der Waals surface area (Å²) in [6.07, 6.45) is -26.4. The maximum atomic E-state index is 13.4. The van der Waals surface area contributed by atoms with Gasteiger partial charge >= 0.3 is 24.7 Å². The lowest BCUT2D eigenvalue weighted by molar-refractivity contribution is -0.378. The molecule has 1 atom stereocenters. The van der Waals surface area contributed by atoms with E-state index in [1.807, 2.05) is 0 Å². The lowest BCUT2D eigenvalue weighted by Gasteiger charge is -2.37. The van der Waals surface area contributed by atoms with E-state index in [4.69, 9.17) is 0 Å². The molecule has 1 rings (SSSR count). The van der Waals surface area contributed by atoms with Crippen LogP contribution in [0, 0.1) is 11.8 Å². The first kappa shape index (κ1) is 30.3. The molecule has 2 N–H and O–H groups in total. The zero-order chi connectivity index (χ0) is 27.3. The van der Waals surface area contributed by atoms with Gasteiger partial charge in [0.25, 0.3) is 11.2 Å². The molecule has 14 heteroatoms. The smallest absolute Gasteiger partial charge is 0.369 e. The summed E-state index contributed by atoms with van der Waals surface area (Å²) in [4.78, 5) is 0. The fraction of sp³-hybridized carbons (Fsp3) is 0.700. The summed E-state index contributed by atoms with van der Waals surface area (Å²) in [6, 6.07) is -0.617. The van der Waals surface area contributed by atoms with E-state index in [0.29, 0.717) is 0 Å². The molecule has 0 aliphatic heterocycles. The van der Waals surface area contributed by atoms with Crippen molar-refractivity contribution in [3.8, 4) is 0 Å². The molecular weight excluding hydrogens is 500 g/mol. The van der Waals surface area contributed by atoms with Crippen LogP contribution in [0.1, 0.15) is 56.7 Å². The highest BCUT2D eigenvalue weighted by atomic mass is 19.4. The van der Waals surface area contributed by atoms with Crippen molar-refractivity contribution in [1.82, 2.24) is 0 Å². The molecule has 1 aromatic rings. The van der Waals surface area contributed by atoms with E-state index < -0.39 is 70.5 Å². The van der Waals surface area contributed by atoms with Crippen molar-refractivity contribution < 1.29 is 62.9 Å². The quantitative estimate of drug-likeness (QED) is 0.392. The van der Waals surface area contributed by atoms with Crippen LogP contribution in [0.25, 0.3) is 0 Å². The van der Waals surface area contributed by atoms with Crippen LogP contribution in [-0.4, -0.2) is 34.9 Å². The Bertz CT molecular complexity index is 763. The normalized spacial score (nSPS) is 15.9. The van der Waals surface area contributed by atoms with E-state index in [0.717, 1.165) is 0 Å². The number of halogens is 12. The molecular formula is C20H22F12O2. The summed E-state index contributed by atoms with van der Waals surface area (Å²) in [7, 11) is 0. The average Bonchev–Trinajstić information content (AvgIpc) is 2.60. The monoisotopic (exact) mass is 522 g/mol. The molecule has 198 valence electrons. The van der Waals surface area contributed by atoms with Crippen LogP contribution in [0.5, 0.6) is 0 Å². The van der Waals surface area contributed by atoms with Crippen LogP contribution in [0.4, 0.5) is 52.7 Å². The number of rotatable bonds is 6. The molecule has 0 saturated heterocycles. The maximum absolute atomic E-state index is 13.4. The van der Waals surface area contributed by atoms with Gasteiger partial charge in [0.15, 0.2) is 0 Å². The predicted octanol–water partition coefficient (Wildman–Crippen LogP) is 7.10. The molecule has 0 amide bonds. The van der Waals surface area contributed by atoms with Crippen LogP contribution < -0.4 is 0 Å². The van der Waals surface area contributed by atoms with Crippen LogP contribution in [0.2, 0.25) is 0 Å². The molecule has 0 fully saturated rings. The summed E-state index contributed by atoms with van der Waals surface area (Å²) < 4.78 is 161. The Morgan fingerprint density at radius 3 is 1.09 bits per heavy atom. The zero-order valence-corrected chi connectivity index (χ0v) is 18.1. The molecule has 1 unspecified atom stereocenters. The Morgan fingerprint density at radius 2 is 0.882 bits per heavy atom. The number of aliphatic hydroxyl groups is 2. The molecule has 0 saturated carbocycles. The van der Waals surface area contributed by atoms with Gasteiger partial charge in [0, 0.05) is 11.1 Å². The van der Waals surface area contributed by atoms with E-state index in [-0.39, 0.29) is 24.5 Å². The van der Waals surface area contributed by atoms with Crippen molar-refractivity contribution in [3.05, 3.63) is 34.9 Å². The van der Waals surface area contributed by atoms with Crippen LogP contribution >= 0.6 is 0 Å². The molecule has 0 aromatic heterocycles. The number of hydrogen-bond acceptors (Lipinski definition) is 2. The van der Waals surface area contributed by atoms with Gasteiger partial charge in [-0.2, -0.15) is 52.7 Å². The van der Waals surface area contributed by atoms with Gasteiger partial charge in [0.1, 0.15) is 0 Å². The molecule has 0 radical (unpaired) electrons. The zero-order valence-electron chi connectivity index (χ0n) is 18.1. The molecule has 0 bridgehead atoms. The van der Waals surface area contributed by atoms with E-state index in [9.17, 15) is 62.9 Å². The highest BCUT2D eigenvalue weighted by Crippen LogP contribution is 2.54. The minimum atomic E-state index is -6.58. The van der Waals surface area contributed by atoms with Gasteiger partial charge in [-0.05, 0) is 35.8 Å². The Morgan fingerprint density at radius 1 is 0.588 bits per heavy atom. The van der Waals surface area contributed by atoms with Gasteiger partial charge in [-0.3, -0.25) is 0 Å². The standard InChI is InChI=1S/C20H22F12O2/c1-9(2)5-14(10(3)4)11-6-12(15(33,17(21,22)23)18(24,25)26)8-13(7-11)16(34,19(27,28)29)20(30,31)32/h6-10,14,33-34H,5H2,1-4H3. The molecule has 34 heavy (non-hydrogen) atoms. The molecule has 0 aliphatic rings. The van der Waals surface area contributed by atoms with Crippen molar-refractivity contribution in [2.24, 2.45) is 11.8 Å². The van der Waals surface area contributed by atoms with Gasteiger partial charge < -0.3 is 10.2 Å². The lowest BCUT2D eigenvalue weighted by Crippen LogP contribution is -2.56. The second-order valence-electron chi connectivity index (χ2n) is 8.74. The van der Waals surface area contributed by atoms with Crippen LogP contribution in [0.15, 0.2) is 18.2 Å². The first-order chi connectivity index (χ1) is 14.8. The highest BCUT2D eigenvalue weighted by Gasteiger charge is 2.74. The Kier molecular flexibility index (Phi) is 8.09. The minimum absolute atomic E-state index is 0.0481. The number of benzene rings is 1. The van der Waals surface area contributed by atoms with Crippen molar-refractivity contribution in [2.75, 3.05) is 0 Å². The lowest BCUT2D eigenvalue weighted by atomic mass is 9.77. The third kappa shape index (κ3) is 5.26. The molecule has 0 aliphatic carbocycles. The van der Waals surface area contributed by atoms with Crippen LogP contribution in [-0.2, 0) is 11.2 Å². The second-order valence-corrected chi connectivity index (χ2v) is 8.74. The van der Waals surface area contributed by atoms with E-state index in [1.165, 1.54) is 13.8 Å². The topological polar surface area (TPSA) is 40.5 Å². The molecule has 0 spiro atoms. The van der Waals surface area contributed by atoms with Gasteiger partial charge in [-0.1, -0.05) is 39.8 Å². The third-order valence-corrected chi connectivity index (χ3v) is 5.39. The molecule has 1 aromatic carbocycles. The average molecular weight is 522 g/mol. The SMILES string of the molecule is CC(C)CC(c1cc(C(O)(C(F)(F)F)C(F)(F)F)cc(C(O)(C(F)(F)F)C(F)(F)F)c1)C(C)C. The van der Waals surface area contributed by atoms with Crippen molar-refractivity contribution >= 4 is 0 Å². The third-order valence-electron chi connectivity index (χ3n) is 5.39. The maximum Gasteiger partial charge on any atom is 0.430 e. The first-order valence-electron chi connectivity index (χ1n) is 9.69. The highest BCUT2D eigenvalue weighted by molar-refractivity contribution is 5.41. The van der Waals surface area contributed by atoms with Gasteiger partial charge in [-0.15, -0.1) is 0 Å². The second kappa shape index (κ2) is 9.07. The Balaban J connectivity index is 4.25. The van der Waals surface area contributed by atoms with E-state index in [2.05, 4.69) is 0 Å². The summed E-state index contributed by atoms with van der Waals surface area (Å²) in [6.45, 7) is 5.92. The van der Waals surface area contributed by atoms with E-state index in [1.54, 1.807) is 13.8 Å². The molecule has 0 heterocycles. The summed E-state index contributed by atoms with van der Waals surface area (Å²) in [5.74, 6) is -2.11. The largest absolute Gasteiger partial charge is 0.430 e. The van der Waals surface area contributed by atoms with Crippen molar-refractivity contribution in [1.29, 1.82) is 0 Å². The minimum Gasteiger partial charge on any atom is -0.369 e. The Labute approximate surface area is 186 Å². The summed E-state index contributed by atoms with van der Waals surface area (Å²) in [5.41, 5.74) is -17.1. The van der Waals surface area contributed by atoms with Crippen molar-refractivity contribution in [3.63, 3.8) is 0 Å². The fourth-order valence-electron chi connectivity index (χ4n) is 3.56. The van der Waals surface area contributed by atoms with E-state index >= 15 is 0 Å². The summed E-state index contributed by atoms with van der Waals surface area (Å²) in [5, 5.41) is 19.4. The summed E-state index contributed by atoms with van der Waals surface area (Å²) >= 11 is 0. The van der Waals surface area contributed by atoms with Gasteiger partial charge in [-0.25, -0.2) is 0 Å². The number of alkyl halides is 12. The Hall–Kier alpha value is -1.70. The van der Waals surface area contributed by atoms with Crippen molar-refractivity contribution in [2.45, 2.75) is 75.9 Å². The van der Waals surface area contributed by atoms with Gasteiger partial charge in [0.05, 0.1) is 0 Å². The fourth-order valence-corrected chi connectivity index (χ4v) is 3.56. The molecule has 2 nitrogen and oxygen atoms in total. The van der Waals surface area contributed by atoms with Crippen LogP contribution in [0.3, 0.4) is 0 Å². The first-order valence-corrected chi connectivity index (χ1v) is 9.69. The predicted molar refractivity (Wildman–Crippen MR) is 95.5 cm³/mol. The number of hydrogen-bond donors (Lipinski definition) is 2. The van der Waals surface area contributed by atoms with Gasteiger partial charge in [0.2, 0.25) is 0 Å².